The summed E-state index contributed by atoms with van der Waals surface area (Å²) >= 11 is 1.42. The normalized spacial score (nSPS) is 11.1. The van der Waals surface area contributed by atoms with Gasteiger partial charge in [0.25, 0.3) is 0 Å². The van der Waals surface area contributed by atoms with Gasteiger partial charge in [-0.3, -0.25) is 0 Å². The van der Waals surface area contributed by atoms with Crippen molar-refractivity contribution in [1.29, 1.82) is 5.26 Å². The fraction of sp³-hybridized carbons (Fsp3) is 0.150. The van der Waals surface area contributed by atoms with E-state index in [1.165, 1.54) is 23.9 Å². The Morgan fingerprint density at radius 3 is 2.73 bits per heavy atom. The molecule has 0 aliphatic heterocycles. The summed E-state index contributed by atoms with van der Waals surface area (Å²) in [5, 5.41) is 10.6. The third kappa shape index (κ3) is 4.51. The first-order valence-electron chi connectivity index (χ1n) is 7.72. The zero-order valence-corrected chi connectivity index (χ0v) is 15.2. The monoisotopic (exact) mass is 373 g/mol. The van der Waals surface area contributed by atoms with Crippen LogP contribution >= 0.6 is 11.8 Å². The summed E-state index contributed by atoms with van der Waals surface area (Å²) in [5.74, 6) is 0.0461. The summed E-state index contributed by atoms with van der Waals surface area (Å²) in [6.07, 6.45) is 1.90. The topological polar surface area (TPSA) is 42.2 Å². The van der Waals surface area contributed by atoms with Crippen molar-refractivity contribution in [3.63, 3.8) is 0 Å². The molecule has 0 spiro atoms. The lowest BCUT2D eigenvalue weighted by Crippen LogP contribution is -2.00. The average Bonchev–Trinajstić information content (AvgIpc) is 2.63. The standard InChI is InChI=1S/C20H17F2NO2S/c1-4-20(26-5-2)17-6-7-19(13(3)18(17)12-24-22)25-16-9-14(11-23)8-15(21)10-16/h4-10H,2,12H2,1,3H3/b20-4-. The van der Waals surface area contributed by atoms with Crippen molar-refractivity contribution in [3.8, 4) is 17.6 Å². The number of hydrogen-bond donors (Lipinski definition) is 0. The van der Waals surface area contributed by atoms with Crippen LogP contribution in [0.2, 0.25) is 0 Å². The van der Waals surface area contributed by atoms with Crippen LogP contribution in [-0.4, -0.2) is 0 Å². The van der Waals surface area contributed by atoms with Crippen LogP contribution in [0.4, 0.5) is 8.92 Å². The van der Waals surface area contributed by atoms with Gasteiger partial charge in [-0.2, -0.15) is 10.2 Å². The van der Waals surface area contributed by atoms with E-state index < -0.39 is 5.82 Å². The van der Waals surface area contributed by atoms with Crippen molar-refractivity contribution in [2.75, 3.05) is 0 Å². The van der Waals surface area contributed by atoms with Crippen LogP contribution in [0.1, 0.15) is 29.2 Å². The Morgan fingerprint density at radius 1 is 1.35 bits per heavy atom. The summed E-state index contributed by atoms with van der Waals surface area (Å²) < 4.78 is 32.0. The molecule has 0 unspecified atom stereocenters. The van der Waals surface area contributed by atoms with Crippen molar-refractivity contribution in [1.82, 2.24) is 0 Å². The first-order valence-corrected chi connectivity index (χ1v) is 8.60. The molecule has 2 aromatic rings. The average molecular weight is 373 g/mol. The van der Waals surface area contributed by atoms with Crippen LogP contribution in [0.3, 0.4) is 0 Å². The van der Waals surface area contributed by atoms with Crippen LogP contribution in [0.15, 0.2) is 48.4 Å². The minimum atomic E-state index is -0.570. The Hall–Kier alpha value is -2.62. The number of thioether (sulfide) groups is 1. The van der Waals surface area contributed by atoms with E-state index >= 15 is 0 Å². The van der Waals surface area contributed by atoms with E-state index in [1.807, 2.05) is 19.1 Å². The Morgan fingerprint density at radius 2 is 2.12 bits per heavy atom. The molecule has 0 radical (unpaired) electrons. The van der Waals surface area contributed by atoms with Crippen LogP contribution in [0.5, 0.6) is 11.5 Å². The molecule has 0 aliphatic rings. The zero-order valence-electron chi connectivity index (χ0n) is 14.4. The van der Waals surface area contributed by atoms with Gasteiger partial charge in [-0.25, -0.2) is 4.39 Å². The Kier molecular flexibility index (Phi) is 6.96. The summed E-state index contributed by atoms with van der Waals surface area (Å²) in [5.41, 5.74) is 2.23. The number of rotatable bonds is 7. The van der Waals surface area contributed by atoms with Crippen LogP contribution < -0.4 is 4.74 Å². The summed E-state index contributed by atoms with van der Waals surface area (Å²) in [4.78, 5) is 4.76. The molecule has 0 atom stereocenters. The van der Waals surface area contributed by atoms with Crippen molar-refractivity contribution >= 4 is 16.7 Å². The SMILES string of the molecule is C=CS/C(=C\C)c1ccc(Oc2cc(F)cc(C#N)c2)c(C)c1COF. The predicted molar refractivity (Wildman–Crippen MR) is 99.7 cm³/mol. The van der Waals surface area contributed by atoms with E-state index in [-0.39, 0.29) is 17.9 Å². The minimum absolute atomic E-state index is 0.153. The van der Waals surface area contributed by atoms with Gasteiger partial charge in [-0.15, -0.1) is 0 Å². The molecule has 0 aliphatic carbocycles. The predicted octanol–water partition coefficient (Wildman–Crippen LogP) is 6.44. The number of ether oxygens (including phenoxy) is 1. The third-order valence-electron chi connectivity index (χ3n) is 3.71. The molecule has 26 heavy (non-hydrogen) atoms. The van der Waals surface area contributed by atoms with Gasteiger partial charge < -0.3 is 4.74 Å². The largest absolute Gasteiger partial charge is 0.457 e. The highest BCUT2D eigenvalue weighted by Gasteiger charge is 2.15. The lowest BCUT2D eigenvalue weighted by atomic mass is 10.0. The Bertz CT molecular complexity index is 888. The van der Waals surface area contributed by atoms with Crippen molar-refractivity contribution in [2.24, 2.45) is 0 Å². The van der Waals surface area contributed by atoms with Gasteiger partial charge in [-0.1, -0.05) is 24.4 Å². The summed E-state index contributed by atoms with van der Waals surface area (Å²) in [7, 11) is 0. The van der Waals surface area contributed by atoms with E-state index in [1.54, 1.807) is 24.5 Å². The number of nitrogens with zero attached hydrogens (tertiary/aromatic N) is 1. The molecule has 0 saturated heterocycles. The van der Waals surface area contributed by atoms with Gasteiger partial charge >= 0.3 is 0 Å². The molecule has 134 valence electrons. The molecule has 2 rings (SSSR count). The molecule has 2 aromatic carbocycles. The molecule has 0 saturated carbocycles. The highest BCUT2D eigenvalue weighted by atomic mass is 32.2. The van der Waals surface area contributed by atoms with Crippen molar-refractivity contribution < 1.29 is 18.6 Å². The van der Waals surface area contributed by atoms with Gasteiger partial charge in [0.05, 0.1) is 11.6 Å². The number of nitriles is 1. The number of benzene rings is 2. The van der Waals surface area contributed by atoms with Gasteiger partial charge in [0.15, 0.2) is 0 Å². The van der Waals surface area contributed by atoms with Gasteiger partial charge in [-0.05, 0) is 64.7 Å². The van der Waals surface area contributed by atoms with E-state index in [0.717, 1.165) is 16.5 Å². The fourth-order valence-electron chi connectivity index (χ4n) is 2.51. The highest BCUT2D eigenvalue weighted by Crippen LogP contribution is 2.37. The molecule has 0 fully saturated rings. The van der Waals surface area contributed by atoms with E-state index in [2.05, 4.69) is 11.5 Å². The molecular weight excluding hydrogens is 356 g/mol. The summed E-state index contributed by atoms with van der Waals surface area (Å²) in [6.45, 7) is 7.09. The molecule has 6 heteroatoms. The Balaban J connectivity index is 2.48. The number of hydrogen-bond acceptors (Lipinski definition) is 4. The summed E-state index contributed by atoms with van der Waals surface area (Å²) in [6, 6.07) is 9.12. The second-order valence-electron chi connectivity index (χ2n) is 5.30. The van der Waals surface area contributed by atoms with E-state index in [9.17, 15) is 8.92 Å². The molecule has 0 bridgehead atoms. The molecule has 3 nitrogen and oxygen atoms in total. The van der Waals surface area contributed by atoms with Crippen LogP contribution in [-0.2, 0) is 11.5 Å². The van der Waals surface area contributed by atoms with Crippen LogP contribution in [0.25, 0.3) is 4.91 Å². The first kappa shape index (κ1) is 19.7. The lowest BCUT2D eigenvalue weighted by Gasteiger charge is -2.17. The van der Waals surface area contributed by atoms with E-state index in [4.69, 9.17) is 10.00 Å². The van der Waals surface area contributed by atoms with Gasteiger partial charge in [0, 0.05) is 11.0 Å². The van der Waals surface area contributed by atoms with Gasteiger partial charge in [0.2, 0.25) is 0 Å². The second-order valence-corrected chi connectivity index (χ2v) is 6.30. The second kappa shape index (κ2) is 9.18. The zero-order chi connectivity index (χ0) is 19.1. The quantitative estimate of drug-likeness (QED) is 0.560. The smallest absolute Gasteiger partial charge is 0.131 e. The van der Waals surface area contributed by atoms with Crippen molar-refractivity contribution in [2.45, 2.75) is 20.5 Å². The molecule has 0 N–H and O–H groups in total. The minimum Gasteiger partial charge on any atom is -0.457 e. The molecule has 0 aromatic heterocycles. The molecule has 0 heterocycles. The van der Waals surface area contributed by atoms with Crippen LogP contribution in [0, 0.1) is 24.1 Å². The van der Waals surface area contributed by atoms with Crippen molar-refractivity contribution in [3.05, 3.63) is 76.5 Å². The third-order valence-corrected chi connectivity index (χ3v) is 4.59. The van der Waals surface area contributed by atoms with Gasteiger partial charge in [0.1, 0.15) is 23.9 Å². The maximum absolute atomic E-state index is 13.6. The lowest BCUT2D eigenvalue weighted by molar-refractivity contribution is -0.144. The number of allylic oxidation sites excluding steroid dienone is 1. The van der Waals surface area contributed by atoms with E-state index in [0.29, 0.717) is 16.9 Å². The number of halogens is 2. The maximum atomic E-state index is 13.6. The molecule has 0 amide bonds. The first-order chi connectivity index (χ1) is 12.5. The highest BCUT2D eigenvalue weighted by molar-refractivity contribution is 8.10. The Labute approximate surface area is 155 Å². The molecular formula is C20H17F2NO2S. The fourth-order valence-corrected chi connectivity index (χ4v) is 3.14. The maximum Gasteiger partial charge on any atom is 0.131 e.